The normalized spacial score (nSPS) is 14.2. The Morgan fingerprint density at radius 2 is 2.30 bits per heavy atom. The standard InChI is InChI=1S/C12H13N5O3/c13-11-10(17(18)19)12(15-7-14-11)16(8-3-4-8)6-9-2-1-5-20-9/h1-2,5,7-8H,3-4,6H2,(H2,13,14,15). The van der Waals surface area contributed by atoms with Crippen molar-refractivity contribution in [1.82, 2.24) is 9.97 Å². The van der Waals surface area contributed by atoms with Crippen LogP contribution >= 0.6 is 0 Å². The van der Waals surface area contributed by atoms with Gasteiger partial charge >= 0.3 is 5.69 Å². The third-order valence-electron chi connectivity index (χ3n) is 3.18. The summed E-state index contributed by atoms with van der Waals surface area (Å²) < 4.78 is 5.31. The van der Waals surface area contributed by atoms with Crippen LogP contribution < -0.4 is 10.6 Å². The topological polar surface area (TPSA) is 111 Å². The molecular weight excluding hydrogens is 262 g/mol. The van der Waals surface area contributed by atoms with Crippen molar-refractivity contribution >= 4 is 17.3 Å². The van der Waals surface area contributed by atoms with E-state index in [1.807, 2.05) is 11.0 Å². The Balaban J connectivity index is 1.99. The predicted octanol–water partition coefficient (Wildman–Crippen LogP) is 1.73. The molecule has 0 bridgehead atoms. The Labute approximate surface area is 114 Å². The van der Waals surface area contributed by atoms with E-state index in [2.05, 4.69) is 9.97 Å². The zero-order chi connectivity index (χ0) is 14.1. The predicted molar refractivity (Wildman–Crippen MR) is 71.0 cm³/mol. The molecule has 3 rings (SSSR count). The molecule has 1 fully saturated rings. The molecule has 1 aliphatic rings. The van der Waals surface area contributed by atoms with Crippen LogP contribution in [0.4, 0.5) is 17.3 Å². The van der Waals surface area contributed by atoms with Crippen LogP contribution in [-0.4, -0.2) is 20.9 Å². The van der Waals surface area contributed by atoms with Crippen LogP contribution in [0, 0.1) is 10.1 Å². The highest BCUT2D eigenvalue weighted by atomic mass is 16.6. The molecule has 20 heavy (non-hydrogen) atoms. The maximum absolute atomic E-state index is 11.2. The second-order valence-corrected chi connectivity index (χ2v) is 4.63. The highest BCUT2D eigenvalue weighted by Crippen LogP contribution is 2.38. The molecule has 8 nitrogen and oxygen atoms in total. The molecule has 0 aliphatic heterocycles. The summed E-state index contributed by atoms with van der Waals surface area (Å²) in [5, 5.41) is 11.2. The van der Waals surface area contributed by atoms with Crippen LogP contribution in [0.2, 0.25) is 0 Å². The van der Waals surface area contributed by atoms with Gasteiger partial charge in [-0.05, 0) is 25.0 Å². The van der Waals surface area contributed by atoms with Gasteiger partial charge in [0.05, 0.1) is 17.7 Å². The highest BCUT2D eigenvalue weighted by Gasteiger charge is 2.36. The van der Waals surface area contributed by atoms with Gasteiger partial charge in [-0.3, -0.25) is 10.1 Å². The van der Waals surface area contributed by atoms with Crippen molar-refractivity contribution in [3.05, 3.63) is 40.6 Å². The number of furan rings is 1. The Kier molecular flexibility index (Phi) is 2.97. The molecule has 0 amide bonds. The minimum Gasteiger partial charge on any atom is -0.467 e. The Bertz CT molecular complexity index is 624. The van der Waals surface area contributed by atoms with Gasteiger partial charge in [0.25, 0.3) is 0 Å². The van der Waals surface area contributed by atoms with E-state index >= 15 is 0 Å². The minimum atomic E-state index is -0.540. The molecule has 0 spiro atoms. The van der Waals surface area contributed by atoms with E-state index in [0.29, 0.717) is 6.54 Å². The lowest BCUT2D eigenvalue weighted by Gasteiger charge is -2.21. The van der Waals surface area contributed by atoms with Crippen LogP contribution in [-0.2, 0) is 6.54 Å². The molecular formula is C12H13N5O3. The molecule has 0 atom stereocenters. The fraction of sp³-hybridized carbons (Fsp3) is 0.333. The first-order valence-electron chi connectivity index (χ1n) is 6.20. The van der Waals surface area contributed by atoms with Crippen molar-refractivity contribution in [3.8, 4) is 0 Å². The molecule has 1 aliphatic carbocycles. The maximum Gasteiger partial charge on any atom is 0.353 e. The zero-order valence-corrected chi connectivity index (χ0v) is 10.6. The van der Waals surface area contributed by atoms with Gasteiger partial charge < -0.3 is 15.1 Å². The summed E-state index contributed by atoms with van der Waals surface area (Å²) in [5.41, 5.74) is 5.37. The van der Waals surface area contributed by atoms with E-state index in [1.54, 1.807) is 12.3 Å². The first-order valence-corrected chi connectivity index (χ1v) is 6.20. The Hall–Kier alpha value is -2.64. The van der Waals surface area contributed by atoms with Crippen molar-refractivity contribution < 1.29 is 9.34 Å². The Morgan fingerprint density at radius 1 is 1.50 bits per heavy atom. The van der Waals surface area contributed by atoms with Gasteiger partial charge in [0, 0.05) is 6.04 Å². The molecule has 104 valence electrons. The maximum atomic E-state index is 11.2. The number of nitrogen functional groups attached to an aromatic ring is 1. The van der Waals surface area contributed by atoms with Gasteiger partial charge in [0.2, 0.25) is 11.6 Å². The van der Waals surface area contributed by atoms with Crippen LogP contribution in [0.5, 0.6) is 0 Å². The lowest BCUT2D eigenvalue weighted by Crippen LogP contribution is -2.27. The average Bonchev–Trinajstić information content (AvgIpc) is 3.12. The number of hydrogen-bond donors (Lipinski definition) is 1. The van der Waals surface area contributed by atoms with E-state index in [9.17, 15) is 10.1 Å². The summed E-state index contributed by atoms with van der Waals surface area (Å²) in [6, 6.07) is 3.84. The smallest absolute Gasteiger partial charge is 0.353 e. The lowest BCUT2D eigenvalue weighted by molar-refractivity contribution is -0.383. The van der Waals surface area contributed by atoms with E-state index in [0.717, 1.165) is 18.6 Å². The van der Waals surface area contributed by atoms with E-state index in [4.69, 9.17) is 10.2 Å². The molecule has 2 aromatic rings. The molecule has 0 radical (unpaired) electrons. The third-order valence-corrected chi connectivity index (χ3v) is 3.18. The largest absolute Gasteiger partial charge is 0.467 e. The summed E-state index contributed by atoms with van der Waals surface area (Å²) in [5.74, 6) is 0.856. The van der Waals surface area contributed by atoms with Crippen molar-refractivity contribution in [3.63, 3.8) is 0 Å². The second kappa shape index (κ2) is 4.80. The first kappa shape index (κ1) is 12.4. The number of nitro groups is 1. The number of hydrogen-bond acceptors (Lipinski definition) is 7. The van der Waals surface area contributed by atoms with Gasteiger partial charge in [-0.15, -0.1) is 0 Å². The SMILES string of the molecule is Nc1ncnc(N(Cc2ccco2)C2CC2)c1[N+](=O)[O-]. The van der Waals surface area contributed by atoms with E-state index < -0.39 is 4.92 Å². The fourth-order valence-corrected chi connectivity index (χ4v) is 2.10. The van der Waals surface area contributed by atoms with Crippen LogP contribution in [0.1, 0.15) is 18.6 Å². The third kappa shape index (κ3) is 2.27. The van der Waals surface area contributed by atoms with Crippen molar-refractivity contribution in [2.45, 2.75) is 25.4 Å². The summed E-state index contributed by atoms with van der Waals surface area (Å²) in [6.07, 6.45) is 4.77. The lowest BCUT2D eigenvalue weighted by atomic mass is 10.3. The van der Waals surface area contributed by atoms with Crippen LogP contribution in [0.3, 0.4) is 0 Å². The first-order chi connectivity index (χ1) is 9.66. The van der Waals surface area contributed by atoms with E-state index in [-0.39, 0.29) is 23.4 Å². The van der Waals surface area contributed by atoms with Gasteiger partial charge in [0.15, 0.2) is 0 Å². The molecule has 2 aromatic heterocycles. The zero-order valence-electron chi connectivity index (χ0n) is 10.6. The van der Waals surface area contributed by atoms with Gasteiger partial charge in [-0.2, -0.15) is 0 Å². The fourth-order valence-electron chi connectivity index (χ4n) is 2.10. The van der Waals surface area contributed by atoms with Crippen molar-refractivity contribution in [1.29, 1.82) is 0 Å². The highest BCUT2D eigenvalue weighted by molar-refractivity contribution is 5.69. The molecule has 1 saturated carbocycles. The summed E-state index contributed by atoms with van der Waals surface area (Å²) >= 11 is 0. The molecule has 2 heterocycles. The van der Waals surface area contributed by atoms with Crippen molar-refractivity contribution in [2.24, 2.45) is 0 Å². The number of anilines is 2. The number of rotatable bonds is 5. The minimum absolute atomic E-state index is 0.120. The quantitative estimate of drug-likeness (QED) is 0.653. The second-order valence-electron chi connectivity index (χ2n) is 4.63. The molecule has 0 unspecified atom stereocenters. The van der Waals surface area contributed by atoms with Crippen molar-refractivity contribution in [2.75, 3.05) is 10.6 Å². The monoisotopic (exact) mass is 275 g/mol. The van der Waals surface area contributed by atoms with Crippen LogP contribution in [0.25, 0.3) is 0 Å². The molecule has 8 heteroatoms. The Morgan fingerprint density at radius 3 is 2.90 bits per heavy atom. The summed E-state index contributed by atoms with van der Waals surface area (Å²) in [7, 11) is 0. The van der Waals surface area contributed by atoms with E-state index in [1.165, 1.54) is 6.33 Å². The summed E-state index contributed by atoms with van der Waals surface area (Å²) in [4.78, 5) is 20.3. The van der Waals surface area contributed by atoms with Gasteiger partial charge in [-0.25, -0.2) is 9.97 Å². The summed E-state index contributed by atoms with van der Waals surface area (Å²) in [6.45, 7) is 0.426. The molecule has 0 saturated heterocycles. The number of nitrogens with two attached hydrogens (primary N) is 1. The average molecular weight is 275 g/mol. The molecule has 0 aromatic carbocycles. The number of aromatic nitrogens is 2. The van der Waals surface area contributed by atoms with Gasteiger partial charge in [0.1, 0.15) is 12.1 Å². The number of nitrogens with zero attached hydrogens (tertiary/aromatic N) is 4. The molecule has 2 N–H and O–H groups in total. The van der Waals surface area contributed by atoms with Crippen LogP contribution in [0.15, 0.2) is 29.1 Å². The van der Waals surface area contributed by atoms with Gasteiger partial charge in [-0.1, -0.05) is 0 Å².